The van der Waals surface area contributed by atoms with Crippen molar-refractivity contribution < 1.29 is 23.5 Å². The van der Waals surface area contributed by atoms with E-state index >= 15 is 0 Å². The van der Waals surface area contributed by atoms with Crippen LogP contribution in [0, 0.1) is 2.88 Å². The second kappa shape index (κ2) is 6.24. The van der Waals surface area contributed by atoms with Gasteiger partial charge in [-0.2, -0.15) is 0 Å². The molecule has 0 saturated carbocycles. The van der Waals surface area contributed by atoms with Gasteiger partial charge in [0.2, 0.25) is 6.43 Å². The van der Waals surface area contributed by atoms with E-state index in [1.165, 1.54) is 11.3 Å². The number of aliphatic carboxylic acids is 1. The molecule has 1 aromatic heterocycles. The monoisotopic (exact) mass is 375 g/mol. The summed E-state index contributed by atoms with van der Waals surface area (Å²) in [5, 5.41) is 12.3. The fourth-order valence-electron chi connectivity index (χ4n) is 1.07. The van der Waals surface area contributed by atoms with Gasteiger partial charge in [-0.3, -0.25) is 4.79 Å². The highest BCUT2D eigenvalue weighted by Crippen LogP contribution is 2.16. The summed E-state index contributed by atoms with van der Waals surface area (Å²) in [5.74, 6) is -2.12. The summed E-state index contributed by atoms with van der Waals surface area (Å²) < 4.78 is 25.0. The van der Waals surface area contributed by atoms with Crippen molar-refractivity contribution in [2.45, 2.75) is 18.9 Å². The zero-order valence-electron chi connectivity index (χ0n) is 8.32. The molecule has 0 aromatic carbocycles. The van der Waals surface area contributed by atoms with Gasteiger partial charge in [0.25, 0.3) is 5.91 Å². The summed E-state index contributed by atoms with van der Waals surface area (Å²) in [5.41, 5.74) is 0.278. The molecule has 17 heavy (non-hydrogen) atoms. The van der Waals surface area contributed by atoms with E-state index in [0.717, 1.165) is 2.88 Å². The molecule has 1 atom stereocenters. The van der Waals surface area contributed by atoms with Gasteiger partial charge in [0.15, 0.2) is 0 Å². The first-order valence-electron chi connectivity index (χ1n) is 4.46. The average Bonchev–Trinajstić information content (AvgIpc) is 2.63. The normalized spacial score (nSPS) is 12.5. The van der Waals surface area contributed by atoms with Gasteiger partial charge in [-0.15, -0.1) is 11.3 Å². The summed E-state index contributed by atoms with van der Waals surface area (Å²) in [6.45, 7) is 0. The lowest BCUT2D eigenvalue weighted by Gasteiger charge is -2.13. The lowest BCUT2D eigenvalue weighted by Crippen LogP contribution is -2.41. The molecule has 4 nitrogen and oxygen atoms in total. The SMILES string of the molecule is O=C(NC(CC(F)F)C(=O)O)c1csc(I)c1. The highest BCUT2D eigenvalue weighted by Gasteiger charge is 2.24. The van der Waals surface area contributed by atoms with Crippen molar-refractivity contribution in [2.75, 3.05) is 0 Å². The number of carboxylic acids is 1. The van der Waals surface area contributed by atoms with E-state index in [1.54, 1.807) is 11.4 Å². The first-order chi connectivity index (χ1) is 7.90. The number of carbonyl (C=O) groups excluding carboxylic acids is 1. The first kappa shape index (κ1) is 14.3. The molecule has 1 heterocycles. The quantitative estimate of drug-likeness (QED) is 0.776. The third-order valence-corrected chi connectivity index (χ3v) is 3.64. The van der Waals surface area contributed by atoms with Crippen molar-refractivity contribution in [3.05, 3.63) is 19.9 Å². The highest BCUT2D eigenvalue weighted by atomic mass is 127. The van der Waals surface area contributed by atoms with E-state index in [9.17, 15) is 18.4 Å². The van der Waals surface area contributed by atoms with Crippen LogP contribution in [-0.4, -0.2) is 29.5 Å². The summed E-state index contributed by atoms with van der Waals surface area (Å²) >= 11 is 3.32. The molecule has 1 unspecified atom stereocenters. The molecular weight excluding hydrogens is 367 g/mol. The standard InChI is InChI=1S/C9H8F2INO3S/c10-6(11)2-5(9(15)16)13-8(14)4-1-7(12)17-3-4/h1,3,5-6H,2H2,(H,13,14)(H,15,16). The summed E-state index contributed by atoms with van der Waals surface area (Å²) in [6.07, 6.45) is -3.68. The maximum absolute atomic E-state index is 12.1. The molecule has 0 spiro atoms. The van der Waals surface area contributed by atoms with E-state index < -0.39 is 30.8 Å². The second-order valence-electron chi connectivity index (χ2n) is 3.13. The van der Waals surface area contributed by atoms with Gasteiger partial charge in [0, 0.05) is 11.8 Å². The van der Waals surface area contributed by atoms with Crippen molar-refractivity contribution in [1.29, 1.82) is 0 Å². The average molecular weight is 375 g/mol. The van der Waals surface area contributed by atoms with Crippen LogP contribution >= 0.6 is 33.9 Å². The van der Waals surface area contributed by atoms with Gasteiger partial charge in [-0.05, 0) is 28.7 Å². The van der Waals surface area contributed by atoms with Crippen LogP contribution in [0.1, 0.15) is 16.8 Å². The van der Waals surface area contributed by atoms with Crippen molar-refractivity contribution in [2.24, 2.45) is 0 Å². The lowest BCUT2D eigenvalue weighted by atomic mass is 10.2. The van der Waals surface area contributed by atoms with E-state index in [2.05, 4.69) is 5.32 Å². The number of alkyl halides is 2. The van der Waals surface area contributed by atoms with Gasteiger partial charge in [-0.1, -0.05) is 0 Å². The number of carboxylic acid groups (broad SMARTS) is 1. The minimum Gasteiger partial charge on any atom is -0.480 e. The number of thiophene rings is 1. The number of amides is 1. The molecule has 0 saturated heterocycles. The van der Waals surface area contributed by atoms with Crippen LogP contribution in [0.3, 0.4) is 0 Å². The number of halogens is 3. The van der Waals surface area contributed by atoms with Crippen LogP contribution in [-0.2, 0) is 4.79 Å². The Bertz CT molecular complexity index is 424. The molecule has 0 aliphatic rings. The van der Waals surface area contributed by atoms with Crippen molar-refractivity contribution in [1.82, 2.24) is 5.32 Å². The lowest BCUT2D eigenvalue weighted by molar-refractivity contribution is -0.140. The Morgan fingerprint density at radius 2 is 2.18 bits per heavy atom. The molecule has 1 rings (SSSR count). The Balaban J connectivity index is 2.67. The van der Waals surface area contributed by atoms with Crippen LogP contribution < -0.4 is 5.32 Å². The number of rotatable bonds is 5. The van der Waals surface area contributed by atoms with Gasteiger partial charge < -0.3 is 10.4 Å². The summed E-state index contributed by atoms with van der Waals surface area (Å²) in [7, 11) is 0. The molecule has 1 amide bonds. The Labute approximate surface area is 113 Å². The molecule has 1 aromatic rings. The van der Waals surface area contributed by atoms with Gasteiger partial charge in [-0.25, -0.2) is 13.6 Å². The summed E-state index contributed by atoms with van der Waals surface area (Å²) in [6, 6.07) is -0.0120. The minimum absolute atomic E-state index is 0.278. The van der Waals surface area contributed by atoms with Gasteiger partial charge in [0.05, 0.1) is 8.45 Å². The first-order valence-corrected chi connectivity index (χ1v) is 6.42. The fourth-order valence-corrected chi connectivity index (χ4v) is 2.40. The maximum atomic E-state index is 12.1. The van der Waals surface area contributed by atoms with E-state index in [1.807, 2.05) is 22.6 Å². The maximum Gasteiger partial charge on any atom is 0.326 e. The Kier molecular flexibility index (Phi) is 5.25. The van der Waals surface area contributed by atoms with Crippen molar-refractivity contribution in [3.63, 3.8) is 0 Å². The molecule has 0 radical (unpaired) electrons. The van der Waals surface area contributed by atoms with Crippen LogP contribution in [0.5, 0.6) is 0 Å². The minimum atomic E-state index is -2.78. The molecule has 0 bridgehead atoms. The van der Waals surface area contributed by atoms with E-state index in [-0.39, 0.29) is 5.56 Å². The molecule has 8 heteroatoms. The fraction of sp³-hybridized carbons (Fsp3) is 0.333. The predicted molar refractivity (Wildman–Crippen MR) is 66.5 cm³/mol. The Morgan fingerprint density at radius 3 is 2.59 bits per heavy atom. The van der Waals surface area contributed by atoms with Crippen molar-refractivity contribution >= 4 is 45.8 Å². The third-order valence-electron chi connectivity index (χ3n) is 1.85. The van der Waals surface area contributed by atoms with Gasteiger partial charge in [0.1, 0.15) is 6.04 Å². The number of carbonyl (C=O) groups is 2. The van der Waals surface area contributed by atoms with Crippen LogP contribution in [0.15, 0.2) is 11.4 Å². The summed E-state index contributed by atoms with van der Waals surface area (Å²) in [4.78, 5) is 22.2. The Morgan fingerprint density at radius 1 is 1.53 bits per heavy atom. The third kappa shape index (κ3) is 4.54. The Hall–Kier alpha value is -0.770. The molecule has 94 valence electrons. The van der Waals surface area contributed by atoms with Crippen molar-refractivity contribution in [3.8, 4) is 0 Å². The highest BCUT2D eigenvalue weighted by molar-refractivity contribution is 14.1. The topological polar surface area (TPSA) is 66.4 Å². The van der Waals surface area contributed by atoms with Crippen LogP contribution in [0.2, 0.25) is 0 Å². The smallest absolute Gasteiger partial charge is 0.326 e. The zero-order chi connectivity index (χ0) is 13.0. The van der Waals surface area contributed by atoms with E-state index in [4.69, 9.17) is 5.11 Å². The molecular formula is C9H8F2INO3S. The molecule has 0 aliphatic heterocycles. The number of hydrogen-bond donors (Lipinski definition) is 2. The number of hydrogen-bond acceptors (Lipinski definition) is 3. The van der Waals surface area contributed by atoms with Gasteiger partial charge >= 0.3 is 5.97 Å². The van der Waals surface area contributed by atoms with E-state index in [0.29, 0.717) is 0 Å². The number of nitrogens with one attached hydrogen (secondary N) is 1. The molecule has 0 aliphatic carbocycles. The van der Waals surface area contributed by atoms with Crippen LogP contribution in [0.4, 0.5) is 8.78 Å². The van der Waals surface area contributed by atoms with Crippen LogP contribution in [0.25, 0.3) is 0 Å². The predicted octanol–water partition coefficient (Wildman–Crippen LogP) is 2.19. The largest absolute Gasteiger partial charge is 0.480 e. The molecule has 0 fully saturated rings. The second-order valence-corrected chi connectivity index (χ2v) is 5.94. The molecule has 2 N–H and O–H groups in total. The zero-order valence-corrected chi connectivity index (χ0v) is 11.3.